The average Bonchev–Trinajstić information content (AvgIpc) is 3.15. The zero-order valence-electron chi connectivity index (χ0n) is 18.4. The number of hydrogen-bond acceptors (Lipinski definition) is 4. The van der Waals surface area contributed by atoms with E-state index >= 15 is 0 Å². The zero-order chi connectivity index (χ0) is 22.3. The van der Waals surface area contributed by atoms with Crippen LogP contribution in [0.5, 0.6) is 0 Å². The van der Waals surface area contributed by atoms with Gasteiger partial charge in [-0.15, -0.1) is 0 Å². The molecule has 0 saturated heterocycles. The normalized spacial score (nSPS) is 17.5. The van der Waals surface area contributed by atoms with Crippen molar-refractivity contribution in [1.29, 1.82) is 0 Å². The fourth-order valence-corrected chi connectivity index (χ4v) is 4.90. The van der Waals surface area contributed by atoms with Gasteiger partial charge in [0.05, 0.1) is 5.69 Å². The number of benzene rings is 3. The van der Waals surface area contributed by atoms with Crippen LogP contribution in [0.4, 0.5) is 5.69 Å². The van der Waals surface area contributed by atoms with Crippen LogP contribution in [-0.2, 0) is 16.0 Å². The van der Waals surface area contributed by atoms with Crippen LogP contribution in [-0.4, -0.2) is 21.8 Å². The number of aliphatic imine (C=N–C) groups is 2. The van der Waals surface area contributed by atoms with Crippen molar-refractivity contribution in [1.82, 2.24) is 4.90 Å². The summed E-state index contributed by atoms with van der Waals surface area (Å²) in [7, 11) is 0. The second-order valence-electron chi connectivity index (χ2n) is 9.09. The number of amidine groups is 2. The lowest BCUT2D eigenvalue weighted by atomic mass is 9.87. The van der Waals surface area contributed by atoms with E-state index in [0.717, 1.165) is 22.6 Å². The van der Waals surface area contributed by atoms with Crippen LogP contribution in [0.1, 0.15) is 49.1 Å². The van der Waals surface area contributed by atoms with Gasteiger partial charge in [-0.1, -0.05) is 99.3 Å². The number of fused-ring (bicyclic) bond motifs is 3. The van der Waals surface area contributed by atoms with E-state index in [9.17, 15) is 4.79 Å². The Labute approximate surface area is 193 Å². The predicted molar refractivity (Wildman–Crippen MR) is 133 cm³/mol. The minimum Gasteiger partial charge on any atom is -0.271 e. The molecule has 3 aromatic carbocycles. The molecule has 5 heteroatoms. The molecule has 2 aliphatic heterocycles. The summed E-state index contributed by atoms with van der Waals surface area (Å²) in [4.78, 5) is 24.8. The molecule has 2 heterocycles. The van der Waals surface area contributed by atoms with E-state index in [1.54, 1.807) is 16.7 Å². The molecule has 0 saturated carbocycles. The molecule has 4 nitrogen and oxygen atoms in total. The first-order chi connectivity index (χ1) is 15.4. The monoisotopic (exact) mass is 439 g/mol. The number of carbonyl (C=O) groups excluding carboxylic acids is 1. The molecule has 5 rings (SSSR count). The van der Waals surface area contributed by atoms with Crippen molar-refractivity contribution in [3.05, 3.63) is 101 Å². The van der Waals surface area contributed by atoms with E-state index in [1.807, 2.05) is 54.6 Å². The van der Waals surface area contributed by atoms with Gasteiger partial charge in [0.2, 0.25) is 0 Å². The maximum atomic E-state index is 13.4. The van der Waals surface area contributed by atoms with Gasteiger partial charge in [0.15, 0.2) is 11.2 Å². The van der Waals surface area contributed by atoms with E-state index in [-0.39, 0.29) is 11.3 Å². The number of nitrogens with zero attached hydrogens (tertiary/aromatic N) is 3. The number of amides is 1. The molecular weight excluding hydrogens is 414 g/mol. The number of rotatable bonds is 3. The number of para-hydroxylation sites is 1. The summed E-state index contributed by atoms with van der Waals surface area (Å²) in [6.07, 6.45) is 0. The van der Waals surface area contributed by atoms with Gasteiger partial charge in [0.1, 0.15) is 5.84 Å². The molecule has 0 bridgehead atoms. The molecule has 1 amide bonds. The number of thioether (sulfide) groups is 1. The first-order valence-electron chi connectivity index (χ1n) is 10.8. The fourth-order valence-electron chi connectivity index (χ4n) is 3.95. The third-order valence-corrected chi connectivity index (χ3v) is 6.78. The van der Waals surface area contributed by atoms with Gasteiger partial charge in [0, 0.05) is 11.3 Å². The van der Waals surface area contributed by atoms with Crippen LogP contribution in [0, 0.1) is 0 Å². The number of carbonyl (C=O) groups is 1. The van der Waals surface area contributed by atoms with Crippen molar-refractivity contribution in [2.24, 2.45) is 9.98 Å². The van der Waals surface area contributed by atoms with Crippen LogP contribution < -0.4 is 0 Å². The van der Waals surface area contributed by atoms with Gasteiger partial charge in [0.25, 0.3) is 5.91 Å². The molecule has 0 spiro atoms. The lowest BCUT2D eigenvalue weighted by molar-refractivity contribution is -0.124. The van der Waals surface area contributed by atoms with E-state index < -0.39 is 6.04 Å². The summed E-state index contributed by atoms with van der Waals surface area (Å²) < 4.78 is 0. The standard InChI is InChI=1S/C27H25N3OS/c1-27(2,3)20-15-13-18(14-16-20)17-32-26-28-22-12-8-7-11-21(22)24-29-23(25(31)30(24)26)19-9-5-4-6-10-19/h4-16,23H,17H2,1-3H3. The Kier molecular flexibility index (Phi) is 5.22. The highest BCUT2D eigenvalue weighted by Gasteiger charge is 2.41. The molecular formula is C27H25N3OS. The zero-order valence-corrected chi connectivity index (χ0v) is 19.3. The third kappa shape index (κ3) is 3.78. The van der Waals surface area contributed by atoms with Gasteiger partial charge >= 0.3 is 0 Å². The predicted octanol–water partition coefficient (Wildman–Crippen LogP) is 6.25. The Morgan fingerprint density at radius 1 is 0.906 bits per heavy atom. The van der Waals surface area contributed by atoms with Crippen molar-refractivity contribution in [2.75, 3.05) is 0 Å². The van der Waals surface area contributed by atoms with Crippen LogP contribution in [0.15, 0.2) is 88.8 Å². The van der Waals surface area contributed by atoms with Crippen molar-refractivity contribution in [3.63, 3.8) is 0 Å². The van der Waals surface area contributed by atoms with Crippen molar-refractivity contribution < 1.29 is 4.79 Å². The van der Waals surface area contributed by atoms with E-state index in [1.165, 1.54) is 11.1 Å². The Balaban J connectivity index is 1.45. The Hall–Kier alpha value is -3.18. The van der Waals surface area contributed by atoms with Gasteiger partial charge in [-0.25, -0.2) is 14.9 Å². The SMILES string of the molecule is CC(C)(C)c1ccc(CSC2=Nc3ccccc3C3=NC(c4ccccc4)C(=O)N23)cc1. The molecule has 0 N–H and O–H groups in total. The minimum absolute atomic E-state index is 0.0463. The maximum absolute atomic E-state index is 13.4. The molecule has 3 aromatic rings. The third-order valence-electron chi connectivity index (χ3n) is 5.77. The summed E-state index contributed by atoms with van der Waals surface area (Å²) in [6.45, 7) is 6.65. The first-order valence-corrected chi connectivity index (χ1v) is 11.8. The quantitative estimate of drug-likeness (QED) is 0.484. The summed E-state index contributed by atoms with van der Waals surface area (Å²) in [6, 6.07) is 25.8. The highest BCUT2D eigenvalue weighted by atomic mass is 32.2. The van der Waals surface area contributed by atoms with E-state index in [0.29, 0.717) is 11.0 Å². The van der Waals surface area contributed by atoms with Crippen molar-refractivity contribution >= 4 is 34.4 Å². The van der Waals surface area contributed by atoms with Gasteiger partial charge < -0.3 is 0 Å². The second kappa shape index (κ2) is 8.06. The Bertz CT molecular complexity index is 1220. The molecule has 0 radical (unpaired) electrons. The van der Waals surface area contributed by atoms with Crippen LogP contribution in [0.3, 0.4) is 0 Å². The molecule has 0 fully saturated rings. The van der Waals surface area contributed by atoms with E-state index in [4.69, 9.17) is 9.98 Å². The summed E-state index contributed by atoms with van der Waals surface area (Å²) >= 11 is 1.58. The van der Waals surface area contributed by atoms with E-state index in [2.05, 4.69) is 45.0 Å². The lowest BCUT2D eigenvalue weighted by Crippen LogP contribution is -2.39. The molecule has 0 aromatic heterocycles. The smallest absolute Gasteiger partial charge is 0.263 e. The van der Waals surface area contributed by atoms with Gasteiger partial charge in [-0.05, 0) is 34.2 Å². The Morgan fingerprint density at radius 3 is 2.31 bits per heavy atom. The summed E-state index contributed by atoms with van der Waals surface area (Å²) in [5.41, 5.74) is 5.30. The van der Waals surface area contributed by atoms with Crippen molar-refractivity contribution in [2.45, 2.75) is 38.0 Å². The summed E-state index contributed by atoms with van der Waals surface area (Å²) in [5.74, 6) is 1.38. The molecule has 160 valence electrons. The molecule has 1 atom stereocenters. The summed E-state index contributed by atoms with van der Waals surface area (Å²) in [5, 5.41) is 0.686. The fraction of sp³-hybridized carbons (Fsp3) is 0.222. The topological polar surface area (TPSA) is 45.0 Å². The highest BCUT2D eigenvalue weighted by molar-refractivity contribution is 8.13. The number of hydrogen-bond donors (Lipinski definition) is 0. The second-order valence-corrected chi connectivity index (χ2v) is 10.0. The Morgan fingerprint density at radius 2 is 1.59 bits per heavy atom. The van der Waals surface area contributed by atoms with Crippen LogP contribution in [0.2, 0.25) is 0 Å². The lowest BCUT2D eigenvalue weighted by Gasteiger charge is -2.25. The van der Waals surface area contributed by atoms with Crippen LogP contribution in [0.25, 0.3) is 0 Å². The maximum Gasteiger partial charge on any atom is 0.263 e. The van der Waals surface area contributed by atoms with Crippen molar-refractivity contribution in [3.8, 4) is 0 Å². The van der Waals surface area contributed by atoms with Crippen LogP contribution >= 0.6 is 11.8 Å². The first kappa shape index (κ1) is 20.7. The molecule has 2 aliphatic rings. The highest BCUT2D eigenvalue weighted by Crippen LogP contribution is 2.38. The minimum atomic E-state index is -0.533. The average molecular weight is 440 g/mol. The molecule has 0 aliphatic carbocycles. The van der Waals surface area contributed by atoms with Gasteiger partial charge in [-0.2, -0.15) is 0 Å². The molecule has 32 heavy (non-hydrogen) atoms. The largest absolute Gasteiger partial charge is 0.271 e. The molecule has 1 unspecified atom stereocenters. The van der Waals surface area contributed by atoms with Gasteiger partial charge in [-0.3, -0.25) is 4.79 Å².